The van der Waals surface area contributed by atoms with Gasteiger partial charge in [0.1, 0.15) is 6.61 Å². The van der Waals surface area contributed by atoms with Crippen LogP contribution in [0, 0.1) is 0 Å². The fraction of sp³-hybridized carbons (Fsp3) is 0.217. The van der Waals surface area contributed by atoms with E-state index in [-0.39, 0.29) is 18.1 Å². The summed E-state index contributed by atoms with van der Waals surface area (Å²) >= 11 is 2.90. The summed E-state index contributed by atoms with van der Waals surface area (Å²) in [6, 6.07) is 11.5. The maximum absolute atomic E-state index is 12.6. The number of esters is 1. The van der Waals surface area contributed by atoms with Crippen LogP contribution in [0.3, 0.4) is 0 Å². The van der Waals surface area contributed by atoms with E-state index in [2.05, 4.69) is 10.3 Å². The molecule has 3 aromatic heterocycles. The van der Waals surface area contributed by atoms with E-state index in [9.17, 15) is 14.4 Å². The van der Waals surface area contributed by atoms with Crippen molar-refractivity contribution in [3.8, 4) is 0 Å². The molecule has 1 aromatic carbocycles. The van der Waals surface area contributed by atoms with Crippen LogP contribution >= 0.6 is 22.7 Å². The lowest BCUT2D eigenvalue weighted by Gasteiger charge is -2.10. The smallest absolute Gasteiger partial charge is 0.338 e. The van der Waals surface area contributed by atoms with Crippen LogP contribution in [0.4, 0.5) is 5.69 Å². The number of anilines is 1. The summed E-state index contributed by atoms with van der Waals surface area (Å²) in [7, 11) is 0. The van der Waals surface area contributed by atoms with Gasteiger partial charge < -0.3 is 10.1 Å². The molecular weight excluding hydrogens is 446 g/mol. The summed E-state index contributed by atoms with van der Waals surface area (Å²) in [5.41, 5.74) is 2.31. The third kappa shape index (κ3) is 4.09. The largest absolute Gasteiger partial charge is 0.456 e. The first-order chi connectivity index (χ1) is 15.6. The first-order valence-electron chi connectivity index (χ1n) is 10.2. The van der Waals surface area contributed by atoms with E-state index in [0.717, 1.165) is 31.4 Å². The quantitative estimate of drug-likeness (QED) is 0.444. The minimum Gasteiger partial charge on any atom is -0.456 e. The molecule has 1 amide bonds. The molecule has 0 radical (unpaired) electrons. The summed E-state index contributed by atoms with van der Waals surface area (Å²) in [5.74, 6) is -0.716. The zero-order valence-electron chi connectivity index (χ0n) is 17.0. The highest BCUT2D eigenvalue weighted by atomic mass is 32.1. The first kappa shape index (κ1) is 20.6. The number of rotatable bonds is 5. The van der Waals surface area contributed by atoms with Crippen molar-refractivity contribution in [2.24, 2.45) is 0 Å². The Morgan fingerprint density at radius 2 is 1.94 bits per heavy atom. The number of aromatic nitrogens is 2. The third-order valence-corrected chi connectivity index (χ3v) is 7.30. The van der Waals surface area contributed by atoms with Gasteiger partial charge in [-0.2, -0.15) is 0 Å². The Hall–Kier alpha value is -3.30. The van der Waals surface area contributed by atoms with Gasteiger partial charge in [-0.3, -0.25) is 14.0 Å². The Labute approximate surface area is 191 Å². The highest BCUT2D eigenvalue weighted by Gasteiger charge is 2.19. The monoisotopic (exact) mass is 465 g/mol. The van der Waals surface area contributed by atoms with Gasteiger partial charge in [-0.25, -0.2) is 9.78 Å². The van der Waals surface area contributed by atoms with Gasteiger partial charge in [0.2, 0.25) is 0 Å². The number of amides is 1. The molecule has 9 heteroatoms. The van der Waals surface area contributed by atoms with Crippen LogP contribution in [-0.2, 0) is 24.2 Å². The SMILES string of the molecule is O=C(OCc1cc(=O)n2c3c(sc2n1)CCCC3)c1ccc(NC(=O)c2cccs2)cc1. The fourth-order valence-electron chi connectivity index (χ4n) is 3.73. The molecule has 5 rings (SSSR count). The molecule has 0 atom stereocenters. The number of nitrogens with one attached hydrogen (secondary N) is 1. The number of hydrogen-bond acceptors (Lipinski definition) is 7. The Balaban J connectivity index is 1.25. The number of thiazole rings is 1. The molecule has 0 spiro atoms. The number of carbonyl (C=O) groups excluding carboxylic acids is 2. The lowest BCUT2D eigenvalue weighted by molar-refractivity contribution is 0.0467. The average molecular weight is 466 g/mol. The van der Waals surface area contributed by atoms with Crippen molar-refractivity contribution in [2.45, 2.75) is 32.3 Å². The third-order valence-electron chi connectivity index (χ3n) is 5.29. The normalized spacial score (nSPS) is 13.0. The van der Waals surface area contributed by atoms with Crippen LogP contribution in [-0.4, -0.2) is 21.3 Å². The zero-order valence-corrected chi connectivity index (χ0v) is 18.6. The summed E-state index contributed by atoms with van der Waals surface area (Å²) in [6.45, 7) is -0.0794. The van der Waals surface area contributed by atoms with Crippen LogP contribution in [0.2, 0.25) is 0 Å². The molecular formula is C23H19N3O4S2. The van der Waals surface area contributed by atoms with Crippen molar-refractivity contribution in [1.82, 2.24) is 9.38 Å². The van der Waals surface area contributed by atoms with Gasteiger partial charge in [0.15, 0.2) is 4.96 Å². The zero-order chi connectivity index (χ0) is 22.1. The van der Waals surface area contributed by atoms with Crippen molar-refractivity contribution in [2.75, 3.05) is 5.32 Å². The number of fused-ring (bicyclic) bond motifs is 3. The van der Waals surface area contributed by atoms with Gasteiger partial charge in [-0.1, -0.05) is 6.07 Å². The Morgan fingerprint density at radius 3 is 2.72 bits per heavy atom. The molecule has 0 saturated carbocycles. The van der Waals surface area contributed by atoms with Crippen LogP contribution in [0.5, 0.6) is 0 Å². The Bertz CT molecular complexity index is 1350. The van der Waals surface area contributed by atoms with Crippen molar-refractivity contribution >= 4 is 45.2 Å². The molecule has 32 heavy (non-hydrogen) atoms. The van der Waals surface area contributed by atoms with Crippen molar-refractivity contribution < 1.29 is 14.3 Å². The molecule has 0 fully saturated rings. The number of ether oxygens (including phenoxy) is 1. The van der Waals surface area contributed by atoms with Crippen molar-refractivity contribution in [3.05, 3.63) is 84.9 Å². The average Bonchev–Trinajstić information content (AvgIpc) is 3.46. The summed E-state index contributed by atoms with van der Waals surface area (Å²) in [5, 5.41) is 4.62. The van der Waals surface area contributed by atoms with E-state index in [4.69, 9.17) is 4.74 Å². The topological polar surface area (TPSA) is 89.8 Å². The molecule has 0 unspecified atom stereocenters. The van der Waals surface area contributed by atoms with Crippen LogP contribution in [0.15, 0.2) is 52.6 Å². The molecule has 4 aromatic rings. The lowest BCUT2D eigenvalue weighted by atomic mass is 10.0. The molecule has 162 valence electrons. The maximum atomic E-state index is 12.6. The molecule has 7 nitrogen and oxygen atoms in total. The van der Waals surface area contributed by atoms with Gasteiger partial charge in [0.25, 0.3) is 11.5 Å². The maximum Gasteiger partial charge on any atom is 0.338 e. The van der Waals surface area contributed by atoms with E-state index in [1.54, 1.807) is 46.1 Å². The molecule has 0 bridgehead atoms. The van der Waals surface area contributed by atoms with Crippen LogP contribution < -0.4 is 10.9 Å². The lowest BCUT2D eigenvalue weighted by Crippen LogP contribution is -2.18. The van der Waals surface area contributed by atoms with Gasteiger partial charge in [0.05, 0.1) is 16.1 Å². The molecule has 1 N–H and O–H groups in total. The number of thiophene rings is 1. The standard InChI is InChI=1S/C23H19N3O4S2/c27-20-12-16(25-23-26(20)17-4-1-2-5-18(17)32-23)13-30-22(29)14-7-9-15(10-8-14)24-21(28)19-6-3-11-31-19/h3,6-12H,1-2,4-5,13H2,(H,24,28). The Morgan fingerprint density at radius 1 is 1.12 bits per heavy atom. The second-order valence-corrected chi connectivity index (χ2v) is 9.48. The number of carbonyl (C=O) groups is 2. The van der Waals surface area contributed by atoms with Crippen LogP contribution in [0.1, 0.15) is 49.1 Å². The van der Waals surface area contributed by atoms with E-state index in [1.807, 2.05) is 11.4 Å². The van der Waals surface area contributed by atoms with Gasteiger partial charge in [-0.05, 0) is 61.4 Å². The predicted molar refractivity (Wildman–Crippen MR) is 124 cm³/mol. The second-order valence-electron chi connectivity index (χ2n) is 7.47. The van der Waals surface area contributed by atoms with E-state index < -0.39 is 5.97 Å². The van der Waals surface area contributed by atoms with Crippen LogP contribution in [0.25, 0.3) is 4.96 Å². The molecule has 3 heterocycles. The number of benzene rings is 1. The van der Waals surface area contributed by atoms with E-state index >= 15 is 0 Å². The van der Waals surface area contributed by atoms with E-state index in [1.165, 1.54) is 22.3 Å². The minimum absolute atomic E-state index is 0.0794. The second kappa shape index (κ2) is 8.68. The van der Waals surface area contributed by atoms with Crippen molar-refractivity contribution in [1.29, 1.82) is 0 Å². The molecule has 1 aliphatic rings. The minimum atomic E-state index is -0.520. The summed E-state index contributed by atoms with van der Waals surface area (Å²) < 4.78 is 7.06. The molecule has 1 aliphatic carbocycles. The molecule has 0 saturated heterocycles. The highest BCUT2D eigenvalue weighted by Crippen LogP contribution is 2.28. The molecule has 0 aliphatic heterocycles. The Kier molecular flexibility index (Phi) is 5.59. The predicted octanol–water partition coefficient (Wildman–Crippen LogP) is 4.31. The number of hydrogen-bond donors (Lipinski definition) is 1. The van der Waals surface area contributed by atoms with Crippen molar-refractivity contribution in [3.63, 3.8) is 0 Å². The van der Waals surface area contributed by atoms with Gasteiger partial charge in [-0.15, -0.1) is 22.7 Å². The van der Waals surface area contributed by atoms with E-state index in [0.29, 0.717) is 26.8 Å². The van der Waals surface area contributed by atoms with Gasteiger partial charge >= 0.3 is 5.97 Å². The fourth-order valence-corrected chi connectivity index (χ4v) is 5.58. The first-order valence-corrected chi connectivity index (χ1v) is 11.9. The highest BCUT2D eigenvalue weighted by molar-refractivity contribution is 7.17. The number of aryl methyl sites for hydroxylation is 2. The number of nitrogens with zero attached hydrogens (tertiary/aromatic N) is 2. The summed E-state index contributed by atoms with van der Waals surface area (Å²) in [6.07, 6.45) is 4.10. The summed E-state index contributed by atoms with van der Waals surface area (Å²) in [4.78, 5) is 44.2. The van der Waals surface area contributed by atoms with Gasteiger partial charge in [0, 0.05) is 22.3 Å².